The summed E-state index contributed by atoms with van der Waals surface area (Å²) in [6.07, 6.45) is 5.67. The largest absolute Gasteiger partial charge is 0.468 e. The summed E-state index contributed by atoms with van der Waals surface area (Å²) in [6.45, 7) is 4.73. The van der Waals surface area contributed by atoms with E-state index < -0.39 is 5.41 Å². The molecule has 0 aliphatic heterocycles. The second-order valence-electron chi connectivity index (χ2n) is 5.51. The molecule has 0 spiro atoms. The van der Waals surface area contributed by atoms with Gasteiger partial charge in [-0.2, -0.15) is 0 Å². The number of hydrogen-bond acceptors (Lipinski definition) is 4. The number of benzene rings is 1. The molecule has 126 valence electrons. The van der Waals surface area contributed by atoms with Crippen molar-refractivity contribution in [2.45, 2.75) is 33.1 Å². The highest BCUT2D eigenvalue weighted by atomic mass is 35.5. The third-order valence-corrected chi connectivity index (χ3v) is 3.83. The van der Waals surface area contributed by atoms with E-state index in [-0.39, 0.29) is 5.97 Å². The first kappa shape index (κ1) is 19.2. The van der Waals surface area contributed by atoms with Gasteiger partial charge in [0.05, 0.1) is 18.6 Å². The average molecular weight is 339 g/mol. The van der Waals surface area contributed by atoms with Gasteiger partial charge in [-0.1, -0.05) is 35.9 Å². The number of ether oxygens (including phenoxy) is 2. The van der Waals surface area contributed by atoms with Crippen molar-refractivity contribution in [2.75, 3.05) is 13.2 Å². The Bertz CT molecular complexity index is 524. The van der Waals surface area contributed by atoms with E-state index in [2.05, 4.69) is 0 Å². The summed E-state index contributed by atoms with van der Waals surface area (Å²) in [5.41, 5.74) is 0.385. The highest BCUT2D eigenvalue weighted by molar-refractivity contribution is 6.30. The van der Waals surface area contributed by atoms with Crippen LogP contribution >= 0.6 is 11.6 Å². The Kier molecular flexibility index (Phi) is 8.41. The molecule has 0 N–H and O–H groups in total. The van der Waals surface area contributed by atoms with Crippen LogP contribution in [-0.4, -0.2) is 25.7 Å². The van der Waals surface area contributed by atoms with Gasteiger partial charge in [-0.3, -0.25) is 9.59 Å². The molecular weight excluding hydrogens is 316 g/mol. The summed E-state index contributed by atoms with van der Waals surface area (Å²) in [4.78, 5) is 22.4. The van der Waals surface area contributed by atoms with Crippen molar-refractivity contribution in [3.8, 4) is 0 Å². The van der Waals surface area contributed by atoms with Gasteiger partial charge in [0.15, 0.2) is 0 Å². The standard InChI is InChI=1S/C18H23ClO4/c1-3-23-17(21)18(2,12-5-13-22-14-20)11-4-6-15-7-9-16(19)10-8-15/h4,6-10,14H,3,5,11-13H2,1-2H3/b6-4+/t18-/m1/s1. The second kappa shape index (κ2) is 10.1. The fourth-order valence-corrected chi connectivity index (χ4v) is 2.34. The Balaban J connectivity index is 2.68. The number of carbonyl (C=O) groups is 2. The molecule has 0 unspecified atom stereocenters. The molecule has 5 heteroatoms. The highest BCUT2D eigenvalue weighted by Gasteiger charge is 2.33. The molecule has 0 heterocycles. The van der Waals surface area contributed by atoms with E-state index in [1.807, 2.05) is 43.3 Å². The van der Waals surface area contributed by atoms with E-state index in [9.17, 15) is 9.59 Å². The highest BCUT2D eigenvalue weighted by Crippen LogP contribution is 2.30. The summed E-state index contributed by atoms with van der Waals surface area (Å²) in [6, 6.07) is 7.47. The molecule has 0 aromatic heterocycles. The van der Waals surface area contributed by atoms with E-state index in [0.29, 0.717) is 44.0 Å². The third-order valence-electron chi connectivity index (χ3n) is 3.58. The van der Waals surface area contributed by atoms with Gasteiger partial charge in [0, 0.05) is 5.02 Å². The molecule has 4 nitrogen and oxygen atoms in total. The molecule has 1 aromatic carbocycles. The Hall–Kier alpha value is -1.81. The lowest BCUT2D eigenvalue weighted by atomic mass is 9.82. The molecule has 0 aliphatic carbocycles. The first-order chi connectivity index (χ1) is 11.0. The zero-order chi connectivity index (χ0) is 17.1. The van der Waals surface area contributed by atoms with Gasteiger partial charge in [-0.25, -0.2) is 0 Å². The zero-order valence-electron chi connectivity index (χ0n) is 13.6. The van der Waals surface area contributed by atoms with Gasteiger partial charge in [0.1, 0.15) is 0 Å². The fraction of sp³-hybridized carbons (Fsp3) is 0.444. The molecule has 1 atom stereocenters. The van der Waals surface area contributed by atoms with Crippen molar-refractivity contribution in [1.29, 1.82) is 0 Å². The van der Waals surface area contributed by atoms with Gasteiger partial charge in [0.2, 0.25) is 0 Å². The van der Waals surface area contributed by atoms with Crippen LogP contribution in [-0.2, 0) is 19.1 Å². The van der Waals surface area contributed by atoms with Crippen molar-refractivity contribution < 1.29 is 19.1 Å². The topological polar surface area (TPSA) is 52.6 Å². The summed E-state index contributed by atoms with van der Waals surface area (Å²) < 4.78 is 9.87. The Morgan fingerprint density at radius 2 is 2.00 bits per heavy atom. The van der Waals surface area contributed by atoms with Crippen LogP contribution in [0.5, 0.6) is 0 Å². The number of allylic oxidation sites excluding steroid dienone is 1. The zero-order valence-corrected chi connectivity index (χ0v) is 14.3. The molecule has 0 aliphatic rings. The maximum Gasteiger partial charge on any atom is 0.312 e. The Labute approximate surface area is 142 Å². The van der Waals surface area contributed by atoms with Crippen LogP contribution in [0.15, 0.2) is 30.3 Å². The summed E-state index contributed by atoms with van der Waals surface area (Å²) in [5, 5.41) is 0.689. The number of esters is 1. The van der Waals surface area contributed by atoms with Crippen LogP contribution in [0, 0.1) is 5.41 Å². The van der Waals surface area contributed by atoms with E-state index >= 15 is 0 Å². The van der Waals surface area contributed by atoms with Crippen molar-refractivity contribution >= 4 is 30.1 Å². The van der Waals surface area contributed by atoms with E-state index in [4.69, 9.17) is 21.1 Å². The van der Waals surface area contributed by atoms with E-state index in [0.717, 1.165) is 5.56 Å². The summed E-state index contributed by atoms with van der Waals surface area (Å²) >= 11 is 5.86. The van der Waals surface area contributed by atoms with Crippen molar-refractivity contribution in [2.24, 2.45) is 5.41 Å². The molecule has 0 saturated carbocycles. The number of rotatable bonds is 10. The van der Waals surface area contributed by atoms with Gasteiger partial charge in [0.25, 0.3) is 6.47 Å². The lowest BCUT2D eigenvalue weighted by Gasteiger charge is -2.25. The summed E-state index contributed by atoms with van der Waals surface area (Å²) in [7, 11) is 0. The molecule has 0 saturated heterocycles. The smallest absolute Gasteiger partial charge is 0.312 e. The van der Waals surface area contributed by atoms with Gasteiger partial charge in [-0.15, -0.1) is 0 Å². The quantitative estimate of drug-likeness (QED) is 0.363. The van der Waals surface area contributed by atoms with Crippen LogP contribution in [0.25, 0.3) is 6.08 Å². The first-order valence-corrected chi connectivity index (χ1v) is 8.04. The maximum atomic E-state index is 12.2. The second-order valence-corrected chi connectivity index (χ2v) is 5.95. The van der Waals surface area contributed by atoms with Gasteiger partial charge >= 0.3 is 5.97 Å². The molecule has 1 aromatic rings. The van der Waals surface area contributed by atoms with Crippen molar-refractivity contribution in [3.63, 3.8) is 0 Å². The van der Waals surface area contributed by atoms with Crippen LogP contribution in [0.4, 0.5) is 0 Å². The predicted molar refractivity (Wildman–Crippen MR) is 91.1 cm³/mol. The summed E-state index contributed by atoms with van der Waals surface area (Å²) in [5.74, 6) is -0.230. The minimum Gasteiger partial charge on any atom is -0.468 e. The minimum atomic E-state index is -0.634. The fourth-order valence-electron chi connectivity index (χ4n) is 2.22. The monoisotopic (exact) mass is 338 g/mol. The molecule has 23 heavy (non-hydrogen) atoms. The number of hydrogen-bond donors (Lipinski definition) is 0. The third kappa shape index (κ3) is 6.87. The average Bonchev–Trinajstić information content (AvgIpc) is 2.54. The molecular formula is C18H23ClO4. The molecule has 1 rings (SSSR count). The molecule has 0 radical (unpaired) electrons. The Morgan fingerprint density at radius 3 is 2.61 bits per heavy atom. The van der Waals surface area contributed by atoms with Gasteiger partial charge in [-0.05, 0) is 50.8 Å². The predicted octanol–water partition coefficient (Wildman–Crippen LogP) is 4.27. The van der Waals surface area contributed by atoms with Crippen LogP contribution in [0.2, 0.25) is 5.02 Å². The van der Waals surface area contributed by atoms with Crippen LogP contribution in [0.1, 0.15) is 38.7 Å². The minimum absolute atomic E-state index is 0.230. The van der Waals surface area contributed by atoms with Gasteiger partial charge < -0.3 is 9.47 Å². The first-order valence-electron chi connectivity index (χ1n) is 7.66. The Morgan fingerprint density at radius 1 is 1.30 bits per heavy atom. The maximum absolute atomic E-state index is 12.2. The number of halogens is 1. The van der Waals surface area contributed by atoms with E-state index in [1.165, 1.54) is 0 Å². The van der Waals surface area contributed by atoms with Crippen LogP contribution in [0.3, 0.4) is 0 Å². The van der Waals surface area contributed by atoms with Crippen LogP contribution < -0.4 is 0 Å². The molecule has 0 bridgehead atoms. The lowest BCUT2D eigenvalue weighted by Crippen LogP contribution is -2.30. The molecule has 0 amide bonds. The molecule has 0 fully saturated rings. The SMILES string of the molecule is CCOC(=O)[C@](C)(C/C=C/c1ccc(Cl)cc1)CCCOC=O. The van der Waals surface area contributed by atoms with E-state index in [1.54, 1.807) is 6.92 Å². The van der Waals surface area contributed by atoms with Crippen molar-refractivity contribution in [1.82, 2.24) is 0 Å². The number of carbonyl (C=O) groups excluding carboxylic acids is 2. The normalized spacial score (nSPS) is 13.5. The van der Waals surface area contributed by atoms with Crippen molar-refractivity contribution in [3.05, 3.63) is 40.9 Å². The lowest BCUT2D eigenvalue weighted by molar-refractivity contribution is -0.154.